The molecule has 2 heterocycles. The molecule has 1 atom stereocenters. The minimum Gasteiger partial charge on any atom is -0.340 e. The van der Waals surface area contributed by atoms with Crippen LogP contribution in [0.25, 0.3) is 0 Å². The number of aromatic nitrogens is 3. The maximum atomic E-state index is 12.1. The molecule has 2 aromatic heterocycles. The number of thiophene rings is 1. The van der Waals surface area contributed by atoms with E-state index in [1.54, 1.807) is 26.1 Å². The predicted octanol–water partition coefficient (Wildman–Crippen LogP) is 0.643. The fourth-order valence-electron chi connectivity index (χ4n) is 1.68. The van der Waals surface area contributed by atoms with E-state index in [-0.39, 0.29) is 11.8 Å². The molecule has 0 bridgehead atoms. The Kier molecular flexibility index (Phi) is 4.46. The number of rotatable bonds is 5. The zero-order valence-electron chi connectivity index (χ0n) is 11.2. The van der Waals surface area contributed by atoms with E-state index in [0.29, 0.717) is 17.2 Å². The van der Waals surface area contributed by atoms with Gasteiger partial charge in [-0.25, -0.2) is 4.98 Å². The Morgan fingerprint density at radius 1 is 1.55 bits per heavy atom. The molecule has 0 saturated carbocycles. The first kappa shape index (κ1) is 14.2. The van der Waals surface area contributed by atoms with Gasteiger partial charge in [-0.05, 0) is 18.4 Å². The summed E-state index contributed by atoms with van der Waals surface area (Å²) in [5, 5.41) is 10.9. The van der Waals surface area contributed by atoms with Crippen LogP contribution >= 0.6 is 11.3 Å². The number of carbonyl (C=O) groups excluding carboxylic acids is 2. The van der Waals surface area contributed by atoms with E-state index in [0.717, 1.165) is 0 Å². The van der Waals surface area contributed by atoms with Gasteiger partial charge in [0.2, 0.25) is 5.91 Å². The molecule has 7 nitrogen and oxygen atoms in total. The van der Waals surface area contributed by atoms with E-state index in [1.807, 2.05) is 5.38 Å². The molecule has 0 fully saturated rings. The lowest BCUT2D eigenvalue weighted by molar-refractivity contribution is -0.132. The first-order valence-corrected chi connectivity index (χ1v) is 6.89. The zero-order valence-corrected chi connectivity index (χ0v) is 12.0. The number of hydrogen-bond acceptors (Lipinski definition) is 5. The average Bonchev–Trinajstić information content (AvgIpc) is 3.10. The van der Waals surface area contributed by atoms with Crippen molar-refractivity contribution in [1.29, 1.82) is 0 Å². The third-order valence-electron chi connectivity index (χ3n) is 2.69. The van der Waals surface area contributed by atoms with Gasteiger partial charge in [-0.2, -0.15) is 5.10 Å². The third kappa shape index (κ3) is 3.41. The van der Waals surface area contributed by atoms with Crippen LogP contribution in [0.4, 0.5) is 0 Å². The summed E-state index contributed by atoms with van der Waals surface area (Å²) in [5.41, 5.74) is 0. The normalized spacial score (nSPS) is 11.9. The molecule has 2 amide bonds. The molecule has 8 heteroatoms. The second kappa shape index (κ2) is 6.29. The lowest BCUT2D eigenvalue weighted by atomic mass is 10.2. The summed E-state index contributed by atoms with van der Waals surface area (Å²) in [6.07, 6.45) is 1.38. The van der Waals surface area contributed by atoms with Crippen molar-refractivity contribution >= 4 is 23.2 Å². The average molecular weight is 293 g/mol. The molecule has 0 saturated heterocycles. The van der Waals surface area contributed by atoms with Crippen LogP contribution < -0.4 is 5.32 Å². The number of hydrogen-bond donors (Lipinski definition) is 2. The van der Waals surface area contributed by atoms with Crippen molar-refractivity contribution in [2.75, 3.05) is 7.05 Å². The van der Waals surface area contributed by atoms with Crippen LogP contribution in [-0.2, 0) is 11.3 Å². The summed E-state index contributed by atoms with van der Waals surface area (Å²) in [7, 11) is 1.65. The van der Waals surface area contributed by atoms with Gasteiger partial charge in [-0.3, -0.25) is 14.7 Å². The van der Waals surface area contributed by atoms with Crippen molar-refractivity contribution in [3.05, 3.63) is 34.5 Å². The van der Waals surface area contributed by atoms with Crippen LogP contribution in [0.1, 0.15) is 22.4 Å². The van der Waals surface area contributed by atoms with E-state index in [4.69, 9.17) is 0 Å². The molecule has 2 aromatic rings. The Morgan fingerprint density at radius 3 is 2.95 bits per heavy atom. The standard InChI is InChI=1S/C12H15N5O2S/c1-8(15-11(18)9-4-3-5-20-9)12(19)17(2)6-10-13-7-14-16-10/h3-5,7-8H,6H2,1-2H3,(H,15,18)(H,13,14,16). The maximum absolute atomic E-state index is 12.1. The monoisotopic (exact) mass is 293 g/mol. The van der Waals surface area contributed by atoms with Crippen LogP contribution in [0.5, 0.6) is 0 Å². The Balaban J connectivity index is 1.89. The minimum absolute atomic E-state index is 0.189. The van der Waals surface area contributed by atoms with Gasteiger partial charge in [0, 0.05) is 7.05 Å². The smallest absolute Gasteiger partial charge is 0.261 e. The highest BCUT2D eigenvalue weighted by Crippen LogP contribution is 2.08. The number of H-pyrrole nitrogens is 1. The fraction of sp³-hybridized carbons (Fsp3) is 0.333. The van der Waals surface area contributed by atoms with Gasteiger partial charge in [0.25, 0.3) is 5.91 Å². The molecule has 106 valence electrons. The first-order chi connectivity index (χ1) is 9.58. The van der Waals surface area contributed by atoms with Crippen molar-refractivity contribution in [3.63, 3.8) is 0 Å². The number of amides is 2. The zero-order chi connectivity index (χ0) is 14.5. The van der Waals surface area contributed by atoms with Crippen LogP contribution in [0.15, 0.2) is 23.8 Å². The van der Waals surface area contributed by atoms with Crippen molar-refractivity contribution in [2.24, 2.45) is 0 Å². The van der Waals surface area contributed by atoms with Crippen molar-refractivity contribution in [1.82, 2.24) is 25.4 Å². The predicted molar refractivity (Wildman–Crippen MR) is 74.1 cm³/mol. The first-order valence-electron chi connectivity index (χ1n) is 6.01. The van der Waals surface area contributed by atoms with Crippen LogP contribution in [0.2, 0.25) is 0 Å². The molecule has 1 unspecified atom stereocenters. The van der Waals surface area contributed by atoms with Gasteiger partial charge in [-0.1, -0.05) is 6.07 Å². The highest BCUT2D eigenvalue weighted by molar-refractivity contribution is 7.12. The number of nitrogens with one attached hydrogen (secondary N) is 2. The molecule has 0 spiro atoms. The highest BCUT2D eigenvalue weighted by atomic mass is 32.1. The lowest BCUT2D eigenvalue weighted by Crippen LogP contribution is -2.45. The number of likely N-dealkylation sites (N-methyl/N-ethyl adjacent to an activating group) is 1. The molecule has 0 aliphatic rings. The SMILES string of the molecule is CC(NC(=O)c1cccs1)C(=O)N(C)Cc1ncn[nH]1. The second-order valence-corrected chi connectivity index (χ2v) is 5.25. The lowest BCUT2D eigenvalue weighted by Gasteiger charge is -2.20. The Bertz CT molecular complexity index is 567. The van der Waals surface area contributed by atoms with E-state index in [2.05, 4.69) is 20.5 Å². The molecule has 2 rings (SSSR count). The van der Waals surface area contributed by atoms with Crippen LogP contribution in [0, 0.1) is 0 Å². The van der Waals surface area contributed by atoms with E-state index >= 15 is 0 Å². The number of aromatic amines is 1. The topological polar surface area (TPSA) is 91.0 Å². The molecular weight excluding hydrogens is 278 g/mol. The molecule has 0 aliphatic carbocycles. The summed E-state index contributed by atoms with van der Waals surface area (Å²) >= 11 is 1.34. The third-order valence-corrected chi connectivity index (χ3v) is 3.56. The summed E-state index contributed by atoms with van der Waals surface area (Å²) in [6, 6.07) is 2.91. The molecule has 0 radical (unpaired) electrons. The van der Waals surface area contributed by atoms with Crippen LogP contribution in [-0.4, -0.2) is 45.0 Å². The second-order valence-electron chi connectivity index (χ2n) is 4.30. The number of carbonyl (C=O) groups is 2. The van der Waals surface area contributed by atoms with E-state index in [1.165, 1.54) is 22.6 Å². The largest absolute Gasteiger partial charge is 0.340 e. The summed E-state index contributed by atoms with van der Waals surface area (Å²) in [4.78, 5) is 30.0. The summed E-state index contributed by atoms with van der Waals surface area (Å²) in [5.74, 6) is 0.165. The van der Waals surface area contributed by atoms with E-state index < -0.39 is 6.04 Å². The molecule has 2 N–H and O–H groups in total. The van der Waals surface area contributed by atoms with Gasteiger partial charge in [0.05, 0.1) is 11.4 Å². The Hall–Kier alpha value is -2.22. The van der Waals surface area contributed by atoms with Crippen molar-refractivity contribution < 1.29 is 9.59 Å². The van der Waals surface area contributed by atoms with E-state index in [9.17, 15) is 9.59 Å². The molecule has 0 aromatic carbocycles. The van der Waals surface area contributed by atoms with Gasteiger partial charge >= 0.3 is 0 Å². The van der Waals surface area contributed by atoms with Gasteiger partial charge in [-0.15, -0.1) is 11.3 Å². The van der Waals surface area contributed by atoms with Gasteiger partial charge in [0.15, 0.2) is 0 Å². The number of nitrogens with zero attached hydrogens (tertiary/aromatic N) is 3. The molecule has 20 heavy (non-hydrogen) atoms. The Labute approximate surface area is 120 Å². The summed E-state index contributed by atoms with van der Waals surface area (Å²) in [6.45, 7) is 1.97. The molecule has 0 aliphatic heterocycles. The van der Waals surface area contributed by atoms with Gasteiger partial charge in [0.1, 0.15) is 18.2 Å². The summed E-state index contributed by atoms with van der Waals surface area (Å²) < 4.78 is 0. The Morgan fingerprint density at radius 2 is 2.35 bits per heavy atom. The minimum atomic E-state index is -0.600. The van der Waals surface area contributed by atoms with Crippen molar-refractivity contribution in [3.8, 4) is 0 Å². The van der Waals surface area contributed by atoms with Crippen LogP contribution in [0.3, 0.4) is 0 Å². The quantitative estimate of drug-likeness (QED) is 0.846. The van der Waals surface area contributed by atoms with Crippen molar-refractivity contribution in [2.45, 2.75) is 19.5 Å². The molecular formula is C12H15N5O2S. The highest BCUT2D eigenvalue weighted by Gasteiger charge is 2.21. The maximum Gasteiger partial charge on any atom is 0.261 e. The fourth-order valence-corrected chi connectivity index (χ4v) is 2.30. The van der Waals surface area contributed by atoms with Gasteiger partial charge < -0.3 is 10.2 Å².